The summed E-state index contributed by atoms with van der Waals surface area (Å²) in [6.45, 7) is 4.07. The summed E-state index contributed by atoms with van der Waals surface area (Å²) in [6, 6.07) is 9.20. The number of fused-ring (bicyclic) bond motifs is 1. The van der Waals surface area contributed by atoms with Gasteiger partial charge < -0.3 is 9.52 Å². The lowest BCUT2D eigenvalue weighted by molar-refractivity contribution is 0.474. The minimum atomic E-state index is 0.0937. The summed E-state index contributed by atoms with van der Waals surface area (Å²) >= 11 is 0. The first-order chi connectivity index (χ1) is 11.1. The number of aryl methyl sites for hydroxylation is 2. The van der Waals surface area contributed by atoms with Gasteiger partial charge in [0.25, 0.3) is 0 Å². The summed E-state index contributed by atoms with van der Waals surface area (Å²) in [4.78, 5) is 4.48. The summed E-state index contributed by atoms with van der Waals surface area (Å²) in [5.74, 6) is 0.494. The lowest BCUT2D eigenvalue weighted by Gasteiger charge is -2.04. The van der Waals surface area contributed by atoms with Gasteiger partial charge in [0.2, 0.25) is 5.89 Å². The summed E-state index contributed by atoms with van der Waals surface area (Å²) in [6.07, 6.45) is 3.14. The van der Waals surface area contributed by atoms with Crippen molar-refractivity contribution in [2.45, 2.75) is 13.8 Å². The van der Waals surface area contributed by atoms with Crippen molar-refractivity contribution >= 4 is 11.1 Å². The van der Waals surface area contributed by atoms with E-state index in [2.05, 4.69) is 15.2 Å². The molecular formula is C17H14N4O2. The van der Waals surface area contributed by atoms with E-state index >= 15 is 0 Å². The first kappa shape index (κ1) is 13.5. The standard InChI is InChI=1S/C17H14N4O2/c1-10-5-14-16(6-11(10)2)23-17(20-14)13-4-3-12(7-15(13)22)21-8-18-19-9-21/h3-9,22H,1-2H3. The fourth-order valence-electron chi connectivity index (χ4n) is 2.49. The van der Waals surface area contributed by atoms with E-state index in [4.69, 9.17) is 4.42 Å². The quantitative estimate of drug-likeness (QED) is 0.614. The fourth-order valence-corrected chi connectivity index (χ4v) is 2.49. The van der Waals surface area contributed by atoms with Gasteiger partial charge in [-0.2, -0.15) is 0 Å². The van der Waals surface area contributed by atoms with Gasteiger partial charge in [-0.25, -0.2) is 4.98 Å². The van der Waals surface area contributed by atoms with Crippen molar-refractivity contribution in [3.63, 3.8) is 0 Å². The molecule has 2 aromatic heterocycles. The molecule has 1 N–H and O–H groups in total. The van der Waals surface area contributed by atoms with Gasteiger partial charge in [-0.3, -0.25) is 4.57 Å². The van der Waals surface area contributed by atoms with Gasteiger partial charge in [0, 0.05) is 6.07 Å². The Morgan fingerprint density at radius 2 is 1.74 bits per heavy atom. The zero-order valence-corrected chi connectivity index (χ0v) is 12.7. The van der Waals surface area contributed by atoms with Crippen molar-refractivity contribution in [2.24, 2.45) is 0 Å². The van der Waals surface area contributed by atoms with Crippen LogP contribution < -0.4 is 0 Å². The maximum atomic E-state index is 10.3. The molecule has 4 rings (SSSR count). The van der Waals surface area contributed by atoms with Gasteiger partial charge in [0.05, 0.1) is 11.3 Å². The largest absolute Gasteiger partial charge is 0.507 e. The highest BCUT2D eigenvalue weighted by Gasteiger charge is 2.14. The molecule has 0 saturated heterocycles. The molecule has 114 valence electrons. The molecule has 23 heavy (non-hydrogen) atoms. The third-order valence-electron chi connectivity index (χ3n) is 3.93. The maximum absolute atomic E-state index is 10.3. The predicted molar refractivity (Wildman–Crippen MR) is 85.5 cm³/mol. The first-order valence-corrected chi connectivity index (χ1v) is 7.18. The lowest BCUT2D eigenvalue weighted by Crippen LogP contribution is -1.90. The zero-order chi connectivity index (χ0) is 16.0. The third-order valence-corrected chi connectivity index (χ3v) is 3.93. The molecule has 0 saturated carbocycles. The molecule has 0 atom stereocenters. The maximum Gasteiger partial charge on any atom is 0.231 e. The van der Waals surface area contributed by atoms with Crippen LogP contribution in [0.3, 0.4) is 0 Å². The second-order valence-corrected chi connectivity index (χ2v) is 5.49. The number of aromatic nitrogens is 4. The Hall–Kier alpha value is -3.15. The number of oxazole rings is 1. The third kappa shape index (κ3) is 2.24. The highest BCUT2D eigenvalue weighted by atomic mass is 16.3. The molecule has 0 radical (unpaired) electrons. The molecular weight excluding hydrogens is 292 g/mol. The molecule has 0 aliphatic rings. The molecule has 0 aliphatic carbocycles. The van der Waals surface area contributed by atoms with Crippen LogP contribution in [0.2, 0.25) is 0 Å². The van der Waals surface area contributed by atoms with E-state index < -0.39 is 0 Å². The van der Waals surface area contributed by atoms with Crippen molar-refractivity contribution in [3.05, 3.63) is 54.1 Å². The molecule has 0 fully saturated rings. The Kier molecular flexibility index (Phi) is 2.90. The Balaban J connectivity index is 1.81. The molecule has 2 aromatic carbocycles. The van der Waals surface area contributed by atoms with E-state index in [0.29, 0.717) is 17.0 Å². The van der Waals surface area contributed by atoms with Crippen molar-refractivity contribution in [1.29, 1.82) is 0 Å². The van der Waals surface area contributed by atoms with Crippen LogP contribution in [0, 0.1) is 13.8 Å². The first-order valence-electron chi connectivity index (χ1n) is 7.18. The molecule has 0 aliphatic heterocycles. The predicted octanol–water partition coefficient (Wildman–Crippen LogP) is 3.40. The number of phenols is 1. The Morgan fingerprint density at radius 3 is 2.48 bits per heavy atom. The van der Waals surface area contributed by atoms with Gasteiger partial charge in [-0.15, -0.1) is 10.2 Å². The van der Waals surface area contributed by atoms with Crippen LogP contribution in [0.15, 0.2) is 47.4 Å². The minimum Gasteiger partial charge on any atom is -0.507 e. The number of aromatic hydroxyl groups is 1. The Labute approximate surface area is 132 Å². The van der Waals surface area contributed by atoms with Crippen LogP contribution in [0.1, 0.15) is 11.1 Å². The molecule has 0 amide bonds. The van der Waals surface area contributed by atoms with Gasteiger partial charge in [-0.1, -0.05) is 0 Å². The lowest BCUT2D eigenvalue weighted by atomic mass is 10.1. The molecule has 0 spiro atoms. The van der Waals surface area contributed by atoms with Crippen molar-refractivity contribution in [1.82, 2.24) is 19.7 Å². The average Bonchev–Trinajstić information content (AvgIpc) is 3.17. The van der Waals surface area contributed by atoms with Crippen LogP contribution in [-0.2, 0) is 0 Å². The number of nitrogens with zero attached hydrogens (tertiary/aromatic N) is 4. The zero-order valence-electron chi connectivity index (χ0n) is 12.7. The van der Waals surface area contributed by atoms with Crippen LogP contribution in [0.4, 0.5) is 0 Å². The normalized spacial score (nSPS) is 11.2. The Morgan fingerprint density at radius 1 is 1.00 bits per heavy atom. The Bertz CT molecular complexity index is 964. The topological polar surface area (TPSA) is 77.0 Å². The van der Waals surface area contributed by atoms with Crippen molar-refractivity contribution in [3.8, 4) is 22.9 Å². The molecule has 0 unspecified atom stereocenters. The molecule has 0 bridgehead atoms. The summed E-state index contributed by atoms with van der Waals surface area (Å²) in [5.41, 5.74) is 5.11. The SMILES string of the molecule is Cc1cc2nc(-c3ccc(-n4cnnc4)cc3O)oc2cc1C. The number of hydrogen-bond acceptors (Lipinski definition) is 5. The number of hydrogen-bond donors (Lipinski definition) is 1. The van der Waals surface area contributed by atoms with Crippen molar-refractivity contribution in [2.75, 3.05) is 0 Å². The summed E-state index contributed by atoms with van der Waals surface area (Å²) in [7, 11) is 0. The highest BCUT2D eigenvalue weighted by Crippen LogP contribution is 2.33. The number of phenolic OH excluding ortho intramolecular Hbond substituents is 1. The van der Waals surface area contributed by atoms with E-state index in [9.17, 15) is 5.11 Å². The van der Waals surface area contributed by atoms with Crippen LogP contribution in [0.5, 0.6) is 5.75 Å². The molecule has 6 nitrogen and oxygen atoms in total. The molecule has 6 heteroatoms. The second kappa shape index (κ2) is 4.95. The van der Waals surface area contributed by atoms with E-state index in [-0.39, 0.29) is 5.75 Å². The monoisotopic (exact) mass is 306 g/mol. The van der Waals surface area contributed by atoms with Gasteiger partial charge in [0.15, 0.2) is 5.58 Å². The fraction of sp³-hybridized carbons (Fsp3) is 0.118. The molecule has 4 aromatic rings. The van der Waals surface area contributed by atoms with Crippen LogP contribution in [-0.4, -0.2) is 24.9 Å². The van der Waals surface area contributed by atoms with Crippen molar-refractivity contribution < 1.29 is 9.52 Å². The summed E-state index contributed by atoms with van der Waals surface area (Å²) < 4.78 is 7.51. The van der Waals surface area contributed by atoms with Gasteiger partial charge in [0.1, 0.15) is 23.9 Å². The highest BCUT2D eigenvalue weighted by molar-refractivity contribution is 5.79. The smallest absolute Gasteiger partial charge is 0.231 e. The van der Waals surface area contributed by atoms with Gasteiger partial charge >= 0.3 is 0 Å². The average molecular weight is 306 g/mol. The van der Waals surface area contributed by atoms with Gasteiger partial charge in [-0.05, 0) is 49.2 Å². The van der Waals surface area contributed by atoms with E-state index in [1.165, 1.54) is 0 Å². The van der Waals surface area contributed by atoms with Crippen LogP contribution in [0.25, 0.3) is 28.2 Å². The van der Waals surface area contributed by atoms with E-state index in [1.807, 2.05) is 32.0 Å². The summed E-state index contributed by atoms with van der Waals surface area (Å²) in [5, 5.41) is 17.8. The van der Waals surface area contributed by atoms with Crippen LogP contribution >= 0.6 is 0 Å². The van der Waals surface area contributed by atoms with E-state index in [1.54, 1.807) is 29.4 Å². The second-order valence-electron chi connectivity index (χ2n) is 5.49. The minimum absolute atomic E-state index is 0.0937. The number of rotatable bonds is 2. The number of benzene rings is 2. The van der Waals surface area contributed by atoms with E-state index in [0.717, 1.165) is 22.3 Å². The molecule has 2 heterocycles.